The smallest absolute Gasteiger partial charge is 0.253 e. The molecule has 0 radical (unpaired) electrons. The molecule has 1 N–H and O–H groups in total. The van der Waals surface area contributed by atoms with Gasteiger partial charge in [0, 0.05) is 19.5 Å². The van der Waals surface area contributed by atoms with E-state index in [1.54, 1.807) is 11.0 Å². The maximum absolute atomic E-state index is 12.7. The number of para-hydroxylation sites is 1. The molecule has 2 aliphatic rings. The van der Waals surface area contributed by atoms with Crippen LogP contribution >= 0.6 is 0 Å². The Labute approximate surface area is 125 Å². The van der Waals surface area contributed by atoms with Crippen molar-refractivity contribution < 1.29 is 9.59 Å². The minimum absolute atomic E-state index is 0.0847. The zero-order valence-corrected chi connectivity index (χ0v) is 12.3. The molecule has 0 bridgehead atoms. The molecule has 1 aromatic carbocycles. The molecule has 1 fully saturated rings. The maximum atomic E-state index is 12.7. The number of fused-ring (bicyclic) bond motifs is 1. The fraction of sp³-hybridized carbons (Fsp3) is 0.529. The predicted molar refractivity (Wildman–Crippen MR) is 82.3 cm³/mol. The summed E-state index contributed by atoms with van der Waals surface area (Å²) >= 11 is 0. The fourth-order valence-corrected chi connectivity index (χ4v) is 3.41. The van der Waals surface area contributed by atoms with E-state index in [1.165, 1.54) is 32.1 Å². The third kappa shape index (κ3) is 3.09. The van der Waals surface area contributed by atoms with E-state index in [4.69, 9.17) is 0 Å². The number of carbonyl (C=O) groups is 2. The summed E-state index contributed by atoms with van der Waals surface area (Å²) in [5, 5.41) is 2.86. The van der Waals surface area contributed by atoms with Gasteiger partial charge in [-0.15, -0.1) is 0 Å². The first-order valence-electron chi connectivity index (χ1n) is 7.93. The molecule has 3 rings (SSSR count). The first-order valence-corrected chi connectivity index (χ1v) is 7.93. The minimum Gasteiger partial charge on any atom is -0.350 e. The Morgan fingerprint density at radius 1 is 1.19 bits per heavy atom. The summed E-state index contributed by atoms with van der Waals surface area (Å²) in [4.78, 5) is 26.5. The van der Waals surface area contributed by atoms with Gasteiger partial charge in [-0.1, -0.05) is 31.4 Å². The molecule has 1 heterocycles. The largest absolute Gasteiger partial charge is 0.350 e. The minimum atomic E-state index is -0.0847. The van der Waals surface area contributed by atoms with Gasteiger partial charge in [-0.25, -0.2) is 0 Å². The molecule has 4 heteroatoms. The van der Waals surface area contributed by atoms with E-state index in [1.807, 2.05) is 18.2 Å². The number of hydrogen-bond acceptors (Lipinski definition) is 2. The average Bonchev–Trinajstić information content (AvgIpc) is 2.68. The first kappa shape index (κ1) is 14.1. The fourth-order valence-electron chi connectivity index (χ4n) is 3.41. The van der Waals surface area contributed by atoms with Crippen molar-refractivity contribution >= 4 is 17.5 Å². The van der Waals surface area contributed by atoms with Crippen LogP contribution < -0.4 is 10.2 Å². The third-order valence-corrected chi connectivity index (χ3v) is 4.55. The van der Waals surface area contributed by atoms with Crippen molar-refractivity contribution in [2.45, 2.75) is 38.5 Å². The van der Waals surface area contributed by atoms with Gasteiger partial charge in [0.2, 0.25) is 5.91 Å². The van der Waals surface area contributed by atoms with Gasteiger partial charge in [0.25, 0.3) is 5.91 Å². The monoisotopic (exact) mass is 286 g/mol. The van der Waals surface area contributed by atoms with Crippen LogP contribution in [0.25, 0.3) is 0 Å². The SMILES string of the molecule is O=C1NCCN(C(=O)CC2CCCCC2)c2ccccc21. The second-order valence-electron chi connectivity index (χ2n) is 6.03. The maximum Gasteiger partial charge on any atom is 0.253 e. The van der Waals surface area contributed by atoms with Crippen molar-refractivity contribution in [3.63, 3.8) is 0 Å². The Morgan fingerprint density at radius 3 is 2.76 bits per heavy atom. The molecule has 4 nitrogen and oxygen atoms in total. The van der Waals surface area contributed by atoms with E-state index in [-0.39, 0.29) is 11.8 Å². The van der Waals surface area contributed by atoms with Crippen LogP contribution in [0.3, 0.4) is 0 Å². The molecule has 1 aromatic rings. The van der Waals surface area contributed by atoms with Gasteiger partial charge in [-0.3, -0.25) is 9.59 Å². The van der Waals surface area contributed by atoms with E-state index < -0.39 is 0 Å². The highest BCUT2D eigenvalue weighted by Crippen LogP contribution is 2.29. The number of nitrogens with zero attached hydrogens (tertiary/aromatic N) is 1. The van der Waals surface area contributed by atoms with Crippen LogP contribution in [-0.4, -0.2) is 24.9 Å². The summed E-state index contributed by atoms with van der Waals surface area (Å²) in [6, 6.07) is 7.39. The Bertz CT molecular complexity index is 535. The van der Waals surface area contributed by atoms with Crippen molar-refractivity contribution in [3.8, 4) is 0 Å². The van der Waals surface area contributed by atoms with E-state index in [9.17, 15) is 9.59 Å². The van der Waals surface area contributed by atoms with Gasteiger partial charge in [-0.05, 0) is 30.9 Å². The summed E-state index contributed by atoms with van der Waals surface area (Å²) in [5.74, 6) is 0.592. The molecule has 0 saturated heterocycles. The summed E-state index contributed by atoms with van der Waals surface area (Å²) in [5.41, 5.74) is 1.36. The highest BCUT2D eigenvalue weighted by Gasteiger charge is 2.26. The van der Waals surface area contributed by atoms with Gasteiger partial charge in [0.05, 0.1) is 11.3 Å². The lowest BCUT2D eigenvalue weighted by Crippen LogP contribution is -2.36. The zero-order valence-electron chi connectivity index (χ0n) is 12.3. The summed E-state index contributed by atoms with van der Waals surface area (Å²) in [6.45, 7) is 1.08. The van der Waals surface area contributed by atoms with Crippen LogP contribution in [-0.2, 0) is 4.79 Å². The molecular formula is C17H22N2O2. The van der Waals surface area contributed by atoms with Crippen molar-refractivity contribution in [1.29, 1.82) is 0 Å². The molecule has 0 aromatic heterocycles. The number of anilines is 1. The first-order chi connectivity index (χ1) is 10.3. The summed E-state index contributed by atoms with van der Waals surface area (Å²) < 4.78 is 0. The summed E-state index contributed by atoms with van der Waals surface area (Å²) in [7, 11) is 0. The summed E-state index contributed by atoms with van der Waals surface area (Å²) in [6.07, 6.45) is 6.73. The van der Waals surface area contributed by atoms with Crippen molar-refractivity contribution in [3.05, 3.63) is 29.8 Å². The standard InChI is InChI=1S/C17H22N2O2/c20-16(12-13-6-2-1-3-7-13)19-11-10-18-17(21)14-8-4-5-9-15(14)19/h4-5,8-9,13H,1-3,6-7,10-12H2,(H,18,21). The number of amides is 2. The Kier molecular flexibility index (Phi) is 4.23. The van der Waals surface area contributed by atoms with Crippen LogP contribution in [0.2, 0.25) is 0 Å². The molecule has 112 valence electrons. The van der Waals surface area contributed by atoms with E-state index in [0.717, 1.165) is 5.69 Å². The highest BCUT2D eigenvalue weighted by molar-refractivity contribution is 6.05. The molecule has 2 amide bonds. The van der Waals surface area contributed by atoms with Gasteiger partial charge in [0.1, 0.15) is 0 Å². The number of nitrogens with one attached hydrogen (secondary N) is 1. The van der Waals surface area contributed by atoms with Crippen LogP contribution in [0, 0.1) is 5.92 Å². The highest BCUT2D eigenvalue weighted by atomic mass is 16.2. The van der Waals surface area contributed by atoms with Crippen molar-refractivity contribution in [1.82, 2.24) is 5.32 Å². The van der Waals surface area contributed by atoms with Gasteiger partial charge in [0.15, 0.2) is 0 Å². The van der Waals surface area contributed by atoms with E-state index in [0.29, 0.717) is 31.0 Å². The molecule has 21 heavy (non-hydrogen) atoms. The van der Waals surface area contributed by atoms with Crippen LogP contribution in [0.4, 0.5) is 5.69 Å². The lowest BCUT2D eigenvalue weighted by atomic mass is 9.86. The lowest BCUT2D eigenvalue weighted by molar-refractivity contribution is -0.119. The van der Waals surface area contributed by atoms with Gasteiger partial charge in [-0.2, -0.15) is 0 Å². The van der Waals surface area contributed by atoms with Gasteiger partial charge < -0.3 is 10.2 Å². The number of hydrogen-bond donors (Lipinski definition) is 1. The van der Waals surface area contributed by atoms with Crippen LogP contribution in [0.15, 0.2) is 24.3 Å². The Hall–Kier alpha value is -1.84. The molecule has 0 unspecified atom stereocenters. The predicted octanol–water partition coefficient (Wildman–Crippen LogP) is 2.73. The quantitative estimate of drug-likeness (QED) is 0.908. The number of benzene rings is 1. The second-order valence-corrected chi connectivity index (χ2v) is 6.03. The molecule has 0 atom stereocenters. The Morgan fingerprint density at radius 2 is 1.95 bits per heavy atom. The van der Waals surface area contributed by atoms with Crippen LogP contribution in [0.1, 0.15) is 48.9 Å². The lowest BCUT2D eigenvalue weighted by Gasteiger charge is -2.26. The molecular weight excluding hydrogens is 264 g/mol. The average molecular weight is 286 g/mol. The van der Waals surface area contributed by atoms with Crippen LogP contribution in [0.5, 0.6) is 0 Å². The second kappa shape index (κ2) is 6.29. The molecule has 1 aliphatic heterocycles. The van der Waals surface area contributed by atoms with E-state index in [2.05, 4.69) is 5.32 Å². The third-order valence-electron chi connectivity index (χ3n) is 4.55. The van der Waals surface area contributed by atoms with E-state index >= 15 is 0 Å². The Balaban J connectivity index is 1.78. The topological polar surface area (TPSA) is 49.4 Å². The number of carbonyl (C=O) groups excluding carboxylic acids is 2. The normalized spacial score (nSPS) is 19.6. The van der Waals surface area contributed by atoms with Crippen molar-refractivity contribution in [2.24, 2.45) is 5.92 Å². The molecule has 1 saturated carbocycles. The zero-order chi connectivity index (χ0) is 14.7. The molecule has 0 spiro atoms. The van der Waals surface area contributed by atoms with Crippen molar-refractivity contribution in [2.75, 3.05) is 18.0 Å². The number of rotatable bonds is 2. The molecule has 1 aliphatic carbocycles. The van der Waals surface area contributed by atoms with Gasteiger partial charge >= 0.3 is 0 Å².